The molecule has 148 valence electrons. The van der Waals surface area contributed by atoms with Crippen molar-refractivity contribution >= 4 is 33.0 Å². The summed E-state index contributed by atoms with van der Waals surface area (Å²) in [5.41, 5.74) is 0.283. The van der Waals surface area contributed by atoms with Gasteiger partial charge in [0, 0.05) is 17.8 Å². The lowest BCUT2D eigenvalue weighted by molar-refractivity contribution is -0.140. The molecule has 27 heavy (non-hydrogen) atoms. The van der Waals surface area contributed by atoms with Crippen molar-refractivity contribution < 1.29 is 26.4 Å². The number of alkyl halides is 3. The first kappa shape index (κ1) is 21.2. The minimum atomic E-state index is -4.49. The van der Waals surface area contributed by atoms with Gasteiger partial charge in [-0.05, 0) is 42.1 Å². The van der Waals surface area contributed by atoms with Crippen LogP contribution in [0, 0.1) is 0 Å². The van der Waals surface area contributed by atoms with Gasteiger partial charge in [-0.1, -0.05) is 19.4 Å². The number of benzene rings is 1. The molecule has 0 unspecified atom stereocenters. The van der Waals surface area contributed by atoms with Crippen LogP contribution in [0.4, 0.5) is 18.9 Å². The van der Waals surface area contributed by atoms with E-state index < -0.39 is 28.7 Å². The third kappa shape index (κ3) is 6.24. The van der Waals surface area contributed by atoms with E-state index in [-0.39, 0.29) is 22.0 Å². The van der Waals surface area contributed by atoms with Gasteiger partial charge in [-0.25, -0.2) is 8.42 Å². The van der Waals surface area contributed by atoms with E-state index in [0.717, 1.165) is 16.2 Å². The molecule has 0 bridgehead atoms. The number of thiophene rings is 1. The van der Waals surface area contributed by atoms with E-state index in [1.165, 1.54) is 30.3 Å². The van der Waals surface area contributed by atoms with Crippen LogP contribution in [0.3, 0.4) is 0 Å². The summed E-state index contributed by atoms with van der Waals surface area (Å²) in [6.45, 7) is 0.505. The lowest BCUT2D eigenvalue weighted by atomic mass is 10.1. The van der Waals surface area contributed by atoms with E-state index >= 15 is 0 Å². The molecule has 1 amide bonds. The predicted molar refractivity (Wildman–Crippen MR) is 98.4 cm³/mol. The maximum Gasteiger partial charge on any atom is 0.406 e. The van der Waals surface area contributed by atoms with Gasteiger partial charge < -0.3 is 4.90 Å². The fraction of sp³-hybridized carbons (Fsp3) is 0.353. The van der Waals surface area contributed by atoms with Crippen LogP contribution in [-0.4, -0.2) is 38.5 Å². The first-order valence-corrected chi connectivity index (χ1v) is 10.5. The number of hydrogen-bond donors (Lipinski definition) is 1. The number of unbranched alkanes of at least 4 members (excludes halogenated alkanes) is 1. The van der Waals surface area contributed by atoms with E-state index in [0.29, 0.717) is 12.8 Å². The van der Waals surface area contributed by atoms with Crippen molar-refractivity contribution in [3.63, 3.8) is 0 Å². The first-order chi connectivity index (χ1) is 12.6. The zero-order chi connectivity index (χ0) is 20.1. The first-order valence-electron chi connectivity index (χ1n) is 8.15. The summed E-state index contributed by atoms with van der Waals surface area (Å²) in [5.74, 6) is -0.742. The number of nitrogens with zero attached hydrogens (tertiary/aromatic N) is 1. The van der Waals surface area contributed by atoms with Crippen molar-refractivity contribution in [3.8, 4) is 0 Å². The average molecular weight is 420 g/mol. The molecule has 5 nitrogen and oxygen atoms in total. The van der Waals surface area contributed by atoms with Crippen LogP contribution in [0.1, 0.15) is 30.1 Å². The zero-order valence-electron chi connectivity index (χ0n) is 14.5. The topological polar surface area (TPSA) is 66.5 Å². The number of rotatable bonds is 8. The smallest absolute Gasteiger partial charge is 0.330 e. The summed E-state index contributed by atoms with van der Waals surface area (Å²) in [6.07, 6.45) is -3.37. The molecule has 0 saturated carbocycles. The summed E-state index contributed by atoms with van der Waals surface area (Å²) in [5, 5.41) is 1.63. The second-order valence-electron chi connectivity index (χ2n) is 5.81. The van der Waals surface area contributed by atoms with E-state index in [4.69, 9.17) is 0 Å². The SMILES string of the molecule is CCCCN(CC(F)(F)F)C(=O)c1ccc(NS(=O)(=O)c2cccs2)cc1. The highest BCUT2D eigenvalue weighted by Gasteiger charge is 2.33. The molecule has 1 heterocycles. The maximum absolute atomic E-state index is 12.7. The number of nitrogens with one attached hydrogen (secondary N) is 1. The Morgan fingerprint density at radius 2 is 1.85 bits per heavy atom. The van der Waals surface area contributed by atoms with Crippen molar-refractivity contribution in [2.75, 3.05) is 17.8 Å². The average Bonchev–Trinajstić information content (AvgIpc) is 3.13. The van der Waals surface area contributed by atoms with E-state index in [1.54, 1.807) is 11.4 Å². The quantitative estimate of drug-likeness (QED) is 0.690. The van der Waals surface area contributed by atoms with Crippen LogP contribution >= 0.6 is 11.3 Å². The largest absolute Gasteiger partial charge is 0.406 e. The van der Waals surface area contributed by atoms with Gasteiger partial charge in [0.2, 0.25) is 0 Å². The maximum atomic E-state index is 12.7. The molecule has 0 fully saturated rings. The predicted octanol–water partition coefficient (Wildman–Crippen LogP) is 4.35. The molecular formula is C17H19F3N2O3S2. The minimum absolute atomic E-state index is 0.00159. The molecule has 1 aromatic heterocycles. The van der Waals surface area contributed by atoms with E-state index in [1.807, 2.05) is 6.92 Å². The number of amides is 1. The van der Waals surface area contributed by atoms with Gasteiger partial charge in [-0.2, -0.15) is 13.2 Å². The van der Waals surface area contributed by atoms with Gasteiger partial charge in [0.1, 0.15) is 10.8 Å². The standard InChI is InChI=1S/C17H19F3N2O3S2/c1-2-3-10-22(12-17(18,19)20)16(23)13-6-8-14(9-7-13)21-27(24,25)15-5-4-11-26-15/h4-9,11,21H,2-3,10,12H2,1H3. The van der Waals surface area contributed by atoms with Crippen LogP contribution in [-0.2, 0) is 10.0 Å². The van der Waals surface area contributed by atoms with Crippen molar-refractivity contribution in [2.24, 2.45) is 0 Å². The Hall–Kier alpha value is -2.07. The summed E-state index contributed by atoms with van der Waals surface area (Å²) < 4.78 is 65.0. The van der Waals surface area contributed by atoms with E-state index in [9.17, 15) is 26.4 Å². The minimum Gasteiger partial charge on any atom is -0.330 e. The highest BCUT2D eigenvalue weighted by Crippen LogP contribution is 2.22. The van der Waals surface area contributed by atoms with Crippen molar-refractivity contribution in [2.45, 2.75) is 30.2 Å². The number of anilines is 1. The van der Waals surface area contributed by atoms with Crippen molar-refractivity contribution in [1.29, 1.82) is 0 Å². The van der Waals surface area contributed by atoms with Crippen LogP contribution < -0.4 is 4.72 Å². The second kappa shape index (κ2) is 8.75. The van der Waals surface area contributed by atoms with Crippen LogP contribution in [0.5, 0.6) is 0 Å². The molecule has 0 radical (unpaired) electrons. The van der Waals surface area contributed by atoms with Gasteiger partial charge in [-0.3, -0.25) is 9.52 Å². The molecule has 0 aliphatic heterocycles. The third-order valence-corrected chi connectivity index (χ3v) is 6.36. The number of halogens is 3. The number of hydrogen-bond acceptors (Lipinski definition) is 4. The molecule has 10 heteroatoms. The fourth-order valence-corrected chi connectivity index (χ4v) is 4.35. The summed E-state index contributed by atoms with van der Waals surface area (Å²) >= 11 is 1.06. The normalized spacial score (nSPS) is 12.0. The van der Waals surface area contributed by atoms with Crippen molar-refractivity contribution in [1.82, 2.24) is 4.90 Å². The van der Waals surface area contributed by atoms with Gasteiger partial charge in [0.05, 0.1) is 0 Å². The summed E-state index contributed by atoms with van der Waals surface area (Å²) in [7, 11) is -3.73. The molecule has 0 saturated heterocycles. The lowest BCUT2D eigenvalue weighted by Crippen LogP contribution is -2.39. The number of sulfonamides is 1. The Morgan fingerprint density at radius 3 is 2.37 bits per heavy atom. The Bertz CT molecular complexity index is 849. The van der Waals surface area contributed by atoms with Crippen molar-refractivity contribution in [3.05, 3.63) is 47.3 Å². The molecule has 2 aromatic rings. The summed E-state index contributed by atoms with van der Waals surface area (Å²) in [6, 6.07) is 8.38. The zero-order valence-corrected chi connectivity index (χ0v) is 16.1. The fourth-order valence-electron chi connectivity index (χ4n) is 2.30. The molecule has 0 aliphatic rings. The third-order valence-electron chi connectivity index (χ3n) is 3.58. The number of carbonyl (C=O) groups excluding carboxylic acids is 1. The number of carbonyl (C=O) groups is 1. The summed E-state index contributed by atoms with van der Waals surface area (Å²) in [4.78, 5) is 13.2. The van der Waals surface area contributed by atoms with Crippen LogP contribution in [0.25, 0.3) is 0 Å². The van der Waals surface area contributed by atoms with Crippen LogP contribution in [0.15, 0.2) is 46.0 Å². The van der Waals surface area contributed by atoms with Gasteiger partial charge >= 0.3 is 6.18 Å². The molecule has 0 spiro atoms. The molecule has 0 aliphatic carbocycles. The van der Waals surface area contributed by atoms with Gasteiger partial charge in [0.15, 0.2) is 0 Å². The van der Waals surface area contributed by atoms with Gasteiger partial charge in [0.25, 0.3) is 15.9 Å². The highest BCUT2D eigenvalue weighted by atomic mass is 32.2. The molecule has 1 aromatic carbocycles. The Labute approximate surface area is 159 Å². The Kier molecular flexibility index (Phi) is 6.88. The van der Waals surface area contributed by atoms with Gasteiger partial charge in [-0.15, -0.1) is 11.3 Å². The monoisotopic (exact) mass is 420 g/mol. The van der Waals surface area contributed by atoms with E-state index in [2.05, 4.69) is 4.72 Å². The molecule has 1 N–H and O–H groups in total. The molecular weight excluding hydrogens is 401 g/mol. The molecule has 2 rings (SSSR count). The lowest BCUT2D eigenvalue weighted by Gasteiger charge is -2.24. The highest BCUT2D eigenvalue weighted by molar-refractivity contribution is 7.94. The Morgan fingerprint density at radius 1 is 1.19 bits per heavy atom. The van der Waals surface area contributed by atoms with Crippen LogP contribution in [0.2, 0.25) is 0 Å². The second-order valence-corrected chi connectivity index (χ2v) is 8.67. The molecule has 0 atom stereocenters. The Balaban J connectivity index is 2.13.